The molecule has 0 saturated heterocycles. The quantitative estimate of drug-likeness (QED) is 0.0920. The third-order valence-corrected chi connectivity index (χ3v) is 8.48. The Morgan fingerprint density at radius 1 is 0.475 bits per heavy atom. The van der Waals surface area contributed by atoms with Gasteiger partial charge in [0.15, 0.2) is 0 Å². The number of carbonyl (C=O) groups excluding carboxylic acids is 4. The van der Waals surface area contributed by atoms with Gasteiger partial charge in [0, 0.05) is 0 Å². The summed E-state index contributed by atoms with van der Waals surface area (Å²) in [6.45, 7) is 9.33. The van der Waals surface area contributed by atoms with Crippen LogP contribution in [-0.2, 0) is 19.2 Å². The molecule has 0 aromatic heterocycles. The van der Waals surface area contributed by atoms with Gasteiger partial charge < -0.3 is 0 Å². The summed E-state index contributed by atoms with van der Waals surface area (Å²) in [4.78, 5) is 32.5. The molecule has 0 aliphatic heterocycles. The molecular formula is C36H64O4. The van der Waals surface area contributed by atoms with Crippen LogP contribution < -0.4 is 0 Å². The van der Waals surface area contributed by atoms with Crippen molar-refractivity contribution in [3.63, 3.8) is 0 Å². The van der Waals surface area contributed by atoms with Crippen LogP contribution in [0.15, 0.2) is 24.3 Å². The monoisotopic (exact) mass is 560 g/mol. The molecule has 0 spiro atoms. The average molecular weight is 561 g/mol. The molecule has 1 aliphatic rings. The first kappa shape index (κ1) is 40.4. The fraction of sp³-hybridized carbons (Fsp3) is 0.833. The second-order valence-electron chi connectivity index (χ2n) is 11.7. The Morgan fingerprint density at radius 3 is 1.32 bits per heavy atom. The third kappa shape index (κ3) is 24.1. The van der Waals surface area contributed by atoms with Crippen LogP contribution in [0.4, 0.5) is 0 Å². The molecule has 0 aromatic carbocycles. The van der Waals surface area contributed by atoms with E-state index in [0.29, 0.717) is 0 Å². The maximum Gasteiger partial charge on any atom is 0.373 e. The van der Waals surface area contributed by atoms with Gasteiger partial charge in [-0.15, -0.1) is 0 Å². The Morgan fingerprint density at radius 2 is 0.850 bits per heavy atom. The van der Waals surface area contributed by atoms with Crippen LogP contribution in [0, 0.1) is 23.7 Å². The largest absolute Gasteiger partial charge is 0.373 e. The lowest BCUT2D eigenvalue weighted by molar-refractivity contribution is -0.193. The van der Waals surface area contributed by atoms with Gasteiger partial charge in [-0.25, -0.2) is 0 Å². The van der Waals surface area contributed by atoms with Crippen molar-refractivity contribution < 1.29 is 19.2 Å². The summed E-state index contributed by atoms with van der Waals surface area (Å²) in [5.41, 5.74) is 0. The highest BCUT2D eigenvalue weighted by Crippen LogP contribution is 2.44. The SMILES string of the molecule is CCCCC/C=C/CC1C(CCCCCC)C=CC(CCCCCCC)C1CCCCCCC.O=C=O.O=C=O. The fourth-order valence-corrected chi connectivity index (χ4v) is 6.26. The first-order chi connectivity index (χ1) is 19.6. The van der Waals surface area contributed by atoms with Crippen molar-refractivity contribution in [2.75, 3.05) is 0 Å². The third-order valence-electron chi connectivity index (χ3n) is 8.48. The van der Waals surface area contributed by atoms with Crippen molar-refractivity contribution >= 4 is 12.3 Å². The lowest BCUT2D eigenvalue weighted by Crippen LogP contribution is -2.31. The van der Waals surface area contributed by atoms with E-state index >= 15 is 0 Å². The fourth-order valence-electron chi connectivity index (χ4n) is 6.26. The number of hydrogen-bond donors (Lipinski definition) is 0. The van der Waals surface area contributed by atoms with Crippen molar-refractivity contribution in [1.29, 1.82) is 0 Å². The molecule has 0 heterocycles. The maximum absolute atomic E-state index is 8.12. The molecule has 1 aliphatic carbocycles. The van der Waals surface area contributed by atoms with E-state index in [4.69, 9.17) is 19.2 Å². The normalized spacial score (nSPS) is 19.7. The molecule has 0 aromatic rings. The zero-order valence-corrected chi connectivity index (χ0v) is 26.8. The first-order valence-electron chi connectivity index (χ1n) is 16.9. The number of unbranched alkanes of at least 4 members (excludes halogenated alkanes) is 14. The van der Waals surface area contributed by atoms with Gasteiger partial charge >= 0.3 is 12.3 Å². The standard InChI is InChI=1S/C34H64.2CO2/c1-5-9-13-17-20-24-28-34-31(25-21-16-12-8-4)29-30-32(26-22-18-14-10-6-2)33(34)27-23-19-15-11-7-3;2*2-1-3/h20,24,29-34H,5-19,21-23,25-28H2,1-4H3;;/b24-20+;;. The van der Waals surface area contributed by atoms with Crippen molar-refractivity contribution in [2.24, 2.45) is 23.7 Å². The van der Waals surface area contributed by atoms with E-state index < -0.39 is 0 Å². The Kier molecular flexibility index (Phi) is 33.8. The van der Waals surface area contributed by atoms with Gasteiger partial charge in [-0.05, 0) is 62.2 Å². The van der Waals surface area contributed by atoms with Gasteiger partial charge in [-0.2, -0.15) is 19.2 Å². The number of allylic oxidation sites excluding steroid dienone is 4. The molecule has 0 amide bonds. The van der Waals surface area contributed by atoms with Crippen molar-refractivity contribution in [1.82, 2.24) is 0 Å². The molecule has 0 saturated carbocycles. The zero-order chi connectivity index (χ0) is 30.1. The van der Waals surface area contributed by atoms with Crippen molar-refractivity contribution in [3.8, 4) is 0 Å². The van der Waals surface area contributed by atoms with E-state index in [1.807, 2.05) is 0 Å². The molecule has 4 atom stereocenters. The van der Waals surface area contributed by atoms with E-state index in [1.54, 1.807) is 0 Å². The van der Waals surface area contributed by atoms with Gasteiger partial charge in [-0.3, -0.25) is 0 Å². The predicted octanol–water partition coefficient (Wildman–Crippen LogP) is 11.1. The maximum atomic E-state index is 8.12. The Balaban J connectivity index is 0. The Bertz CT molecular complexity index is 629. The lowest BCUT2D eigenvalue weighted by atomic mass is 9.65. The predicted molar refractivity (Wildman–Crippen MR) is 167 cm³/mol. The lowest BCUT2D eigenvalue weighted by Gasteiger charge is -2.40. The van der Waals surface area contributed by atoms with Gasteiger partial charge in [-0.1, -0.05) is 155 Å². The van der Waals surface area contributed by atoms with Crippen LogP contribution in [0.3, 0.4) is 0 Å². The van der Waals surface area contributed by atoms with E-state index in [1.165, 1.54) is 141 Å². The highest BCUT2D eigenvalue weighted by atomic mass is 16.2. The van der Waals surface area contributed by atoms with Gasteiger partial charge in [0.2, 0.25) is 0 Å². The summed E-state index contributed by atoms with van der Waals surface area (Å²) >= 11 is 0. The summed E-state index contributed by atoms with van der Waals surface area (Å²) in [5, 5.41) is 0. The van der Waals surface area contributed by atoms with Crippen LogP contribution >= 0.6 is 0 Å². The molecule has 0 fully saturated rings. The summed E-state index contributed by atoms with van der Waals surface area (Å²) in [7, 11) is 0. The van der Waals surface area contributed by atoms with Crippen molar-refractivity contribution in [2.45, 2.75) is 169 Å². The number of rotatable bonds is 23. The molecule has 40 heavy (non-hydrogen) atoms. The van der Waals surface area contributed by atoms with E-state index in [2.05, 4.69) is 52.0 Å². The molecule has 232 valence electrons. The molecule has 4 unspecified atom stereocenters. The van der Waals surface area contributed by atoms with Gasteiger partial charge in [0.25, 0.3) is 0 Å². The molecule has 4 nitrogen and oxygen atoms in total. The van der Waals surface area contributed by atoms with Gasteiger partial charge in [0.1, 0.15) is 0 Å². The highest BCUT2D eigenvalue weighted by Gasteiger charge is 2.34. The minimum absolute atomic E-state index is 0.250. The Labute approximate surface area is 248 Å². The van der Waals surface area contributed by atoms with Crippen molar-refractivity contribution in [3.05, 3.63) is 24.3 Å². The topological polar surface area (TPSA) is 68.3 Å². The second-order valence-corrected chi connectivity index (χ2v) is 11.7. The molecular weight excluding hydrogens is 496 g/mol. The van der Waals surface area contributed by atoms with Gasteiger partial charge in [0.05, 0.1) is 0 Å². The zero-order valence-electron chi connectivity index (χ0n) is 26.8. The molecule has 0 radical (unpaired) electrons. The summed E-state index contributed by atoms with van der Waals surface area (Å²) in [6, 6.07) is 0. The number of hydrogen-bond acceptors (Lipinski definition) is 4. The molecule has 0 bridgehead atoms. The van der Waals surface area contributed by atoms with Crippen LogP contribution in [0.5, 0.6) is 0 Å². The minimum Gasteiger partial charge on any atom is -0.186 e. The second kappa shape index (κ2) is 33.4. The Hall–Kier alpha value is -1.76. The minimum atomic E-state index is 0.250. The van der Waals surface area contributed by atoms with Crippen LogP contribution in [0.1, 0.15) is 169 Å². The van der Waals surface area contributed by atoms with Crippen LogP contribution in [-0.4, -0.2) is 12.3 Å². The summed E-state index contributed by atoms with van der Waals surface area (Å²) in [6.07, 6.45) is 42.0. The summed E-state index contributed by atoms with van der Waals surface area (Å²) in [5.74, 6) is 3.49. The van der Waals surface area contributed by atoms with Crippen LogP contribution in [0.25, 0.3) is 0 Å². The molecule has 1 rings (SSSR count). The van der Waals surface area contributed by atoms with Crippen LogP contribution in [0.2, 0.25) is 0 Å². The average Bonchev–Trinajstić information content (AvgIpc) is 2.95. The highest BCUT2D eigenvalue weighted by molar-refractivity contribution is 5.20. The van der Waals surface area contributed by atoms with E-state index in [9.17, 15) is 0 Å². The summed E-state index contributed by atoms with van der Waals surface area (Å²) < 4.78 is 0. The smallest absolute Gasteiger partial charge is 0.186 e. The van der Waals surface area contributed by atoms with E-state index in [0.717, 1.165) is 23.7 Å². The molecule has 4 heteroatoms. The van der Waals surface area contributed by atoms with E-state index in [-0.39, 0.29) is 12.3 Å². The molecule has 0 N–H and O–H groups in total. The first-order valence-corrected chi connectivity index (χ1v) is 16.9.